The van der Waals surface area contributed by atoms with Crippen LogP contribution in [0.5, 0.6) is 0 Å². The normalized spacial score (nSPS) is 10.8. The second-order valence-electron chi connectivity index (χ2n) is 14.9. The molecule has 0 unspecified atom stereocenters. The van der Waals surface area contributed by atoms with Crippen molar-refractivity contribution in [1.29, 1.82) is 5.41 Å². The number of nitrogens with two attached hydrogens (primary N) is 3. The van der Waals surface area contributed by atoms with Gasteiger partial charge in [-0.2, -0.15) is 0 Å². The SMILES string of the molecule is CCCCCCCCCCCCN(C)C.CCCCCCCCNCCCCCCCC.Cc1ccccc1N=C(N)Nc1ccccc1C.N=C(N)N. The zero-order valence-corrected chi connectivity index (χ0v) is 36.4. The van der Waals surface area contributed by atoms with Gasteiger partial charge in [-0.05, 0) is 90.1 Å². The van der Waals surface area contributed by atoms with E-state index in [0.29, 0.717) is 5.96 Å². The van der Waals surface area contributed by atoms with E-state index in [-0.39, 0.29) is 5.96 Å². The maximum atomic E-state index is 6.06. The molecular formula is C46H88N8. The van der Waals surface area contributed by atoms with Crippen molar-refractivity contribution in [2.24, 2.45) is 22.2 Å². The van der Waals surface area contributed by atoms with Gasteiger partial charge in [-0.3, -0.25) is 5.41 Å². The van der Waals surface area contributed by atoms with Gasteiger partial charge in [0.15, 0.2) is 11.9 Å². The highest BCUT2D eigenvalue weighted by Crippen LogP contribution is 2.18. The Morgan fingerprint density at radius 2 is 0.926 bits per heavy atom. The third-order valence-corrected chi connectivity index (χ3v) is 9.14. The van der Waals surface area contributed by atoms with Crippen LogP contribution < -0.4 is 27.8 Å². The smallest absolute Gasteiger partial charge is 0.198 e. The first-order chi connectivity index (χ1) is 26.1. The fourth-order valence-electron chi connectivity index (χ4n) is 5.80. The van der Waals surface area contributed by atoms with E-state index < -0.39 is 0 Å². The van der Waals surface area contributed by atoms with Gasteiger partial charge < -0.3 is 32.7 Å². The van der Waals surface area contributed by atoms with Crippen molar-refractivity contribution >= 4 is 23.3 Å². The summed E-state index contributed by atoms with van der Waals surface area (Å²) in [5.74, 6) is 0.0681. The first-order valence-electron chi connectivity index (χ1n) is 21.8. The van der Waals surface area contributed by atoms with E-state index in [1.54, 1.807) is 0 Å². The fourth-order valence-corrected chi connectivity index (χ4v) is 5.80. The van der Waals surface area contributed by atoms with Gasteiger partial charge >= 0.3 is 0 Å². The highest BCUT2D eigenvalue weighted by Gasteiger charge is 2.00. The summed E-state index contributed by atoms with van der Waals surface area (Å²) >= 11 is 0. The summed E-state index contributed by atoms with van der Waals surface area (Å²) in [6, 6.07) is 15.9. The van der Waals surface area contributed by atoms with Crippen LogP contribution in [0.3, 0.4) is 0 Å². The minimum Gasteiger partial charge on any atom is -0.370 e. The van der Waals surface area contributed by atoms with E-state index in [4.69, 9.17) is 11.1 Å². The number of hydrogen-bond donors (Lipinski definition) is 6. The molecule has 2 aromatic rings. The molecule has 0 aromatic heterocycles. The number of nitrogens with one attached hydrogen (secondary N) is 3. The average molecular weight is 753 g/mol. The summed E-state index contributed by atoms with van der Waals surface area (Å²) in [7, 11) is 4.32. The Bertz CT molecular complexity index is 1100. The molecule has 2 rings (SSSR count). The standard InChI is InChI=1S/C16H35N.C15H17N3.C14H31N.CH5N3/c1-3-5-7-9-11-13-15-17-16-14-12-10-8-6-4-2;1-11-7-3-5-9-13(11)17-15(16)18-14-10-6-4-8-12(14)2;1-4-5-6-7-8-9-10-11-12-13-14-15(2)3;2-1(3)4/h17H,3-16H2,1-2H3;3-10H,1-2H3,(H3,16,17,18);4-14H2,1-3H3;(H5,2,3,4). The number of para-hydroxylation sites is 2. The van der Waals surface area contributed by atoms with Crippen LogP contribution in [0.15, 0.2) is 53.5 Å². The number of unbranched alkanes of at least 4 members (excludes halogenated alkanes) is 19. The molecular weight excluding hydrogens is 665 g/mol. The second-order valence-corrected chi connectivity index (χ2v) is 14.9. The molecule has 0 aliphatic carbocycles. The molecule has 0 saturated heterocycles. The van der Waals surface area contributed by atoms with Gasteiger partial charge in [0.05, 0.1) is 5.69 Å². The molecule has 0 aliphatic rings. The number of aryl methyl sites for hydroxylation is 2. The van der Waals surface area contributed by atoms with Crippen LogP contribution in [-0.2, 0) is 0 Å². The molecule has 312 valence electrons. The van der Waals surface area contributed by atoms with Crippen LogP contribution in [0.2, 0.25) is 0 Å². The Kier molecular flexibility index (Phi) is 40.3. The summed E-state index contributed by atoms with van der Waals surface area (Å²) in [5, 5.41) is 12.7. The fraction of sp³-hybridized carbons (Fsp3) is 0.696. The minimum absolute atomic E-state index is 0.333. The summed E-state index contributed by atoms with van der Waals surface area (Å²) in [4.78, 5) is 6.66. The lowest BCUT2D eigenvalue weighted by atomic mass is 10.1. The zero-order valence-electron chi connectivity index (χ0n) is 36.4. The van der Waals surface area contributed by atoms with Gasteiger partial charge in [0.25, 0.3) is 0 Å². The van der Waals surface area contributed by atoms with Crippen molar-refractivity contribution in [1.82, 2.24) is 10.2 Å². The van der Waals surface area contributed by atoms with Crippen LogP contribution in [0.25, 0.3) is 0 Å². The van der Waals surface area contributed by atoms with Gasteiger partial charge in [-0.1, -0.05) is 179 Å². The number of guanidine groups is 2. The zero-order chi connectivity index (χ0) is 40.5. The van der Waals surface area contributed by atoms with Gasteiger partial charge in [0.2, 0.25) is 0 Å². The van der Waals surface area contributed by atoms with Crippen molar-refractivity contribution < 1.29 is 0 Å². The first-order valence-corrected chi connectivity index (χ1v) is 21.8. The molecule has 54 heavy (non-hydrogen) atoms. The predicted octanol–water partition coefficient (Wildman–Crippen LogP) is 12.0. The van der Waals surface area contributed by atoms with E-state index in [1.165, 1.54) is 161 Å². The Hall–Kier alpha value is -3.10. The Labute approximate surface area is 334 Å². The molecule has 0 bridgehead atoms. The number of aliphatic imine (C=N–C) groups is 1. The van der Waals surface area contributed by atoms with Crippen LogP contribution in [0.4, 0.5) is 11.4 Å². The molecule has 9 N–H and O–H groups in total. The number of anilines is 1. The molecule has 0 aliphatic heterocycles. The highest BCUT2D eigenvalue weighted by atomic mass is 15.1. The summed E-state index contributed by atoms with van der Waals surface area (Å²) < 4.78 is 0. The third-order valence-electron chi connectivity index (χ3n) is 9.14. The van der Waals surface area contributed by atoms with Crippen molar-refractivity contribution in [2.75, 3.05) is 39.0 Å². The topological polar surface area (TPSA) is 142 Å². The lowest BCUT2D eigenvalue weighted by Gasteiger charge is -2.08. The van der Waals surface area contributed by atoms with E-state index in [2.05, 4.69) is 66.9 Å². The van der Waals surface area contributed by atoms with E-state index in [9.17, 15) is 0 Å². The largest absolute Gasteiger partial charge is 0.370 e. The number of rotatable bonds is 27. The molecule has 0 spiro atoms. The van der Waals surface area contributed by atoms with Crippen molar-refractivity contribution in [3.8, 4) is 0 Å². The van der Waals surface area contributed by atoms with Crippen molar-refractivity contribution in [3.63, 3.8) is 0 Å². The van der Waals surface area contributed by atoms with E-state index >= 15 is 0 Å². The van der Waals surface area contributed by atoms with Crippen LogP contribution in [0, 0.1) is 19.3 Å². The highest BCUT2D eigenvalue weighted by molar-refractivity contribution is 5.94. The summed E-state index contributed by atoms with van der Waals surface area (Å²) in [6.45, 7) is 14.6. The molecule has 0 fully saturated rings. The Morgan fingerprint density at radius 3 is 1.33 bits per heavy atom. The van der Waals surface area contributed by atoms with Crippen molar-refractivity contribution in [3.05, 3.63) is 59.7 Å². The van der Waals surface area contributed by atoms with Crippen molar-refractivity contribution in [2.45, 2.75) is 176 Å². The van der Waals surface area contributed by atoms with Crippen LogP contribution in [-0.4, -0.2) is 50.5 Å². The quantitative estimate of drug-likeness (QED) is 0.0305. The summed E-state index contributed by atoms with van der Waals surface area (Å²) in [6.07, 6.45) is 31.3. The molecule has 0 heterocycles. The molecule has 2 aromatic carbocycles. The minimum atomic E-state index is -0.333. The number of nitrogens with zero attached hydrogens (tertiary/aromatic N) is 2. The molecule has 0 atom stereocenters. The predicted molar refractivity (Wildman–Crippen MR) is 243 cm³/mol. The Morgan fingerprint density at radius 1 is 0.556 bits per heavy atom. The van der Waals surface area contributed by atoms with E-state index in [1.807, 2.05) is 62.4 Å². The molecule has 0 saturated carbocycles. The lowest BCUT2D eigenvalue weighted by Crippen LogP contribution is -2.22. The van der Waals surface area contributed by atoms with Gasteiger partial charge in [-0.15, -0.1) is 0 Å². The maximum absolute atomic E-state index is 6.06. The third kappa shape index (κ3) is 40.1. The van der Waals surface area contributed by atoms with E-state index in [0.717, 1.165) is 22.5 Å². The molecule has 0 amide bonds. The molecule has 8 nitrogen and oxygen atoms in total. The van der Waals surface area contributed by atoms with Gasteiger partial charge in [0, 0.05) is 5.69 Å². The average Bonchev–Trinajstić information content (AvgIpc) is 3.13. The van der Waals surface area contributed by atoms with Gasteiger partial charge in [-0.25, -0.2) is 4.99 Å². The number of hydrogen-bond acceptors (Lipinski definition) is 4. The molecule has 0 radical (unpaired) electrons. The maximum Gasteiger partial charge on any atom is 0.198 e. The first kappa shape index (κ1) is 53.0. The number of benzene rings is 2. The second kappa shape index (κ2) is 41.1. The van der Waals surface area contributed by atoms with Crippen LogP contribution >= 0.6 is 0 Å². The van der Waals surface area contributed by atoms with Gasteiger partial charge in [0.1, 0.15) is 0 Å². The lowest BCUT2D eigenvalue weighted by molar-refractivity contribution is 0.389. The molecule has 8 heteroatoms. The monoisotopic (exact) mass is 753 g/mol. The Balaban J connectivity index is 0. The van der Waals surface area contributed by atoms with Crippen LogP contribution in [0.1, 0.15) is 173 Å². The summed E-state index contributed by atoms with van der Waals surface area (Å²) in [5.41, 5.74) is 19.0.